The number of esters is 1. The molecule has 3 N–H and O–H groups in total. The van der Waals surface area contributed by atoms with Crippen LogP contribution in [0.5, 0.6) is 0 Å². The number of halogens is 3. The maximum atomic E-state index is 13.7. The predicted molar refractivity (Wildman–Crippen MR) is 118 cm³/mol. The number of alkyl halides is 3. The van der Waals surface area contributed by atoms with Gasteiger partial charge in [0.05, 0.1) is 23.7 Å². The molecule has 2 rings (SSSR count). The molecule has 6 unspecified atom stereocenters. The van der Waals surface area contributed by atoms with Crippen molar-refractivity contribution in [1.29, 1.82) is 0 Å². The summed E-state index contributed by atoms with van der Waals surface area (Å²) in [7, 11) is -5.93. The predicted octanol–water partition coefficient (Wildman–Crippen LogP) is 3.58. The van der Waals surface area contributed by atoms with Gasteiger partial charge in [0.15, 0.2) is 6.17 Å². The highest BCUT2D eigenvalue weighted by Crippen LogP contribution is 2.63. The van der Waals surface area contributed by atoms with Crippen LogP contribution in [-0.4, -0.2) is 68.9 Å². The van der Waals surface area contributed by atoms with Gasteiger partial charge in [-0.2, -0.15) is 29.0 Å². The van der Waals surface area contributed by atoms with Crippen LogP contribution >= 0.6 is 11.8 Å². The number of hydrogen-bond acceptors (Lipinski definition) is 7. The highest BCUT2D eigenvalue weighted by atomic mass is 32.2. The van der Waals surface area contributed by atoms with Crippen molar-refractivity contribution < 1.29 is 45.9 Å². The van der Waals surface area contributed by atoms with Crippen molar-refractivity contribution in [2.24, 2.45) is 17.8 Å². The lowest BCUT2D eigenvalue weighted by Gasteiger charge is -2.49. The monoisotopic (exact) mass is 520 g/mol. The molecule has 33 heavy (non-hydrogen) atoms. The van der Waals surface area contributed by atoms with Gasteiger partial charge in [-0.15, -0.1) is 0 Å². The van der Waals surface area contributed by atoms with Crippen LogP contribution in [0.3, 0.4) is 0 Å². The molecule has 0 amide bonds. The third-order valence-corrected chi connectivity index (χ3v) is 10.4. The zero-order valence-electron chi connectivity index (χ0n) is 19.3. The zero-order valence-corrected chi connectivity index (χ0v) is 21.0. The molecule has 0 aromatic rings. The van der Waals surface area contributed by atoms with Crippen LogP contribution in [0.1, 0.15) is 66.2 Å². The molecule has 0 aromatic heterocycles. The van der Waals surface area contributed by atoms with Crippen molar-refractivity contribution in [3.05, 3.63) is 0 Å². The topological polar surface area (TPSA) is 121 Å². The average Bonchev–Trinajstić information content (AvgIpc) is 3.36. The summed E-state index contributed by atoms with van der Waals surface area (Å²) in [6.07, 6.45) is -2.12. The Labute approximate surface area is 197 Å². The van der Waals surface area contributed by atoms with Gasteiger partial charge in [0.25, 0.3) is 0 Å². The molecular formula is C21H35F3O7S2. The van der Waals surface area contributed by atoms with Gasteiger partial charge in [-0.1, -0.05) is 27.7 Å². The number of fused-ring (bicyclic) bond motifs is 2. The van der Waals surface area contributed by atoms with Gasteiger partial charge in [0.1, 0.15) is 0 Å². The molecule has 7 nitrogen and oxygen atoms in total. The molecule has 2 heterocycles. The molecule has 6 atom stereocenters. The number of carbonyl (C=O) groups is 1. The van der Waals surface area contributed by atoms with Gasteiger partial charge in [-0.05, 0) is 32.1 Å². The molecule has 2 aliphatic heterocycles. The van der Waals surface area contributed by atoms with Crippen LogP contribution in [0.15, 0.2) is 0 Å². The number of carbonyl (C=O) groups excluding carboxylic acids is 1. The van der Waals surface area contributed by atoms with Crippen molar-refractivity contribution in [3.63, 3.8) is 0 Å². The van der Waals surface area contributed by atoms with E-state index in [0.717, 1.165) is 0 Å². The van der Waals surface area contributed by atoms with Gasteiger partial charge in [-0.3, -0.25) is 9.35 Å². The molecule has 194 valence electrons. The average molecular weight is 521 g/mol. The fourth-order valence-corrected chi connectivity index (χ4v) is 8.19. The summed E-state index contributed by atoms with van der Waals surface area (Å²) in [5.74, 6) is -2.02. The van der Waals surface area contributed by atoms with Gasteiger partial charge in [-0.25, -0.2) is 4.39 Å². The molecule has 0 radical (unpaired) electrons. The Bertz CT molecular complexity index is 800. The van der Waals surface area contributed by atoms with E-state index in [1.807, 2.05) is 27.7 Å². The van der Waals surface area contributed by atoms with Gasteiger partial charge >= 0.3 is 21.3 Å². The maximum absolute atomic E-state index is 13.7. The first-order chi connectivity index (χ1) is 15.1. The summed E-state index contributed by atoms with van der Waals surface area (Å²) in [6, 6.07) is 0. The minimum Gasteiger partial charge on any atom is -0.465 e. The quantitative estimate of drug-likeness (QED) is 0.264. The summed E-state index contributed by atoms with van der Waals surface area (Å²) in [5, 5.41) is 17.3. The first-order valence-electron chi connectivity index (χ1n) is 11.4. The molecule has 2 saturated heterocycles. The second-order valence-electron chi connectivity index (χ2n) is 9.11. The van der Waals surface area contributed by atoms with Crippen molar-refractivity contribution in [2.75, 3.05) is 6.61 Å². The van der Waals surface area contributed by atoms with E-state index in [1.165, 1.54) is 11.8 Å². The number of ether oxygens (including phenoxy) is 1. The van der Waals surface area contributed by atoms with E-state index in [4.69, 9.17) is 9.29 Å². The highest BCUT2D eigenvalue weighted by Gasteiger charge is 2.65. The standard InChI is InChI=1S/C21H35F3O7S2/c1-5-19(26,6-2)15-13-11-12(17(32-13)16(15)20(27,7-3)8-4)18(25)31-10-9-14(22)21(23,24)33(28,29)30/h12-17,26-27H,5-11H2,1-4H3,(H,28,29,30). The second-order valence-corrected chi connectivity index (χ2v) is 12.0. The zero-order chi connectivity index (χ0) is 25.4. The van der Waals surface area contributed by atoms with Crippen molar-refractivity contribution in [1.82, 2.24) is 0 Å². The number of hydrogen-bond donors (Lipinski definition) is 3. The van der Waals surface area contributed by atoms with E-state index in [1.54, 1.807) is 0 Å². The first-order valence-corrected chi connectivity index (χ1v) is 13.8. The summed E-state index contributed by atoms with van der Waals surface area (Å²) >= 11 is 1.52. The maximum Gasteiger partial charge on any atom is 0.400 e. The Kier molecular flexibility index (Phi) is 8.86. The van der Waals surface area contributed by atoms with E-state index in [9.17, 15) is 36.6 Å². The molecule has 0 saturated carbocycles. The third kappa shape index (κ3) is 5.19. The molecule has 0 spiro atoms. The second kappa shape index (κ2) is 10.2. The molecule has 0 aliphatic carbocycles. The smallest absolute Gasteiger partial charge is 0.400 e. The SMILES string of the molecule is CCC(O)(CC)C1C2CC(C(=O)OCCC(F)C(F)(F)S(=O)(=O)O)C(S2)C1C(O)(CC)CC. The van der Waals surface area contributed by atoms with E-state index >= 15 is 0 Å². The fourth-order valence-electron chi connectivity index (χ4n) is 5.43. The minimum atomic E-state index is -5.93. The Balaban J connectivity index is 2.16. The van der Waals surface area contributed by atoms with Gasteiger partial charge in [0, 0.05) is 28.8 Å². The molecule has 12 heteroatoms. The summed E-state index contributed by atoms with van der Waals surface area (Å²) in [4.78, 5) is 12.8. The van der Waals surface area contributed by atoms with Crippen LogP contribution < -0.4 is 0 Å². The Morgan fingerprint density at radius 1 is 1.06 bits per heavy atom. The van der Waals surface area contributed by atoms with E-state index in [-0.39, 0.29) is 16.4 Å². The van der Waals surface area contributed by atoms with Crippen molar-refractivity contribution in [3.8, 4) is 0 Å². The lowest BCUT2D eigenvalue weighted by atomic mass is 9.59. The highest BCUT2D eigenvalue weighted by molar-refractivity contribution is 8.01. The number of aliphatic hydroxyl groups is 2. The van der Waals surface area contributed by atoms with Gasteiger partial charge < -0.3 is 14.9 Å². The Morgan fingerprint density at radius 2 is 1.55 bits per heavy atom. The number of rotatable bonds is 12. The summed E-state index contributed by atoms with van der Waals surface area (Å²) in [6.45, 7) is 6.68. The molecule has 2 fully saturated rings. The lowest BCUT2D eigenvalue weighted by molar-refractivity contribution is -0.158. The first kappa shape index (κ1) is 28.7. The van der Waals surface area contributed by atoms with Crippen LogP contribution in [0, 0.1) is 17.8 Å². The fraction of sp³-hybridized carbons (Fsp3) is 0.952. The molecule has 0 aromatic carbocycles. The minimum absolute atomic E-state index is 0.107. The lowest BCUT2D eigenvalue weighted by Crippen LogP contribution is -2.57. The Morgan fingerprint density at radius 3 is 2.00 bits per heavy atom. The number of thioether (sulfide) groups is 1. The van der Waals surface area contributed by atoms with E-state index in [2.05, 4.69) is 0 Å². The largest absolute Gasteiger partial charge is 0.465 e. The summed E-state index contributed by atoms with van der Waals surface area (Å²) in [5.41, 5.74) is -2.12. The molecule has 2 bridgehead atoms. The van der Waals surface area contributed by atoms with Gasteiger partial charge in [0.2, 0.25) is 0 Å². The van der Waals surface area contributed by atoms with Crippen molar-refractivity contribution >= 4 is 27.8 Å². The van der Waals surface area contributed by atoms with Crippen LogP contribution in [-0.2, 0) is 19.6 Å². The molecule has 2 aliphatic rings. The van der Waals surface area contributed by atoms with Crippen LogP contribution in [0.2, 0.25) is 0 Å². The third-order valence-electron chi connectivity index (χ3n) is 7.67. The van der Waals surface area contributed by atoms with E-state index in [0.29, 0.717) is 32.1 Å². The van der Waals surface area contributed by atoms with Crippen LogP contribution in [0.25, 0.3) is 0 Å². The van der Waals surface area contributed by atoms with E-state index < -0.39 is 63.6 Å². The molecular weight excluding hydrogens is 485 g/mol. The van der Waals surface area contributed by atoms with Crippen molar-refractivity contribution in [2.45, 2.75) is 99.3 Å². The summed E-state index contributed by atoms with van der Waals surface area (Å²) < 4.78 is 75.2. The Hall–Kier alpha value is -0.560. The van der Waals surface area contributed by atoms with Crippen LogP contribution in [0.4, 0.5) is 13.2 Å². The normalized spacial score (nSPS) is 29.3.